The second kappa shape index (κ2) is 4.05. The van der Waals surface area contributed by atoms with E-state index in [0.717, 1.165) is 12.1 Å². The molecule has 8 heteroatoms. The van der Waals surface area contributed by atoms with Crippen molar-refractivity contribution in [1.29, 1.82) is 0 Å². The second-order valence-corrected chi connectivity index (χ2v) is 3.67. The molecule has 1 aromatic heterocycles. The molecule has 3 N–H and O–H groups in total. The molecule has 0 aliphatic heterocycles. The summed E-state index contributed by atoms with van der Waals surface area (Å²) in [4.78, 5) is 0. The first-order chi connectivity index (χ1) is 7.56. The first-order valence-electron chi connectivity index (χ1n) is 4.07. The SMILES string of the molecule is Nc1nnc(Nc2cc(F)c(Br)cc2F)o1. The Bertz CT molecular complexity index is 531. The summed E-state index contributed by atoms with van der Waals surface area (Å²) >= 11 is 2.86. The minimum Gasteiger partial charge on any atom is -0.389 e. The minimum atomic E-state index is -0.662. The van der Waals surface area contributed by atoms with Crippen molar-refractivity contribution in [2.24, 2.45) is 0 Å². The zero-order valence-electron chi connectivity index (χ0n) is 7.67. The first kappa shape index (κ1) is 10.8. The maximum Gasteiger partial charge on any atom is 0.321 e. The molecule has 0 atom stereocenters. The fraction of sp³-hybridized carbons (Fsp3) is 0. The van der Waals surface area contributed by atoms with Crippen LogP contribution in [0.15, 0.2) is 21.0 Å². The quantitative estimate of drug-likeness (QED) is 0.831. The lowest BCUT2D eigenvalue weighted by molar-refractivity contribution is 0.583. The number of nitrogens with zero attached hydrogens (tertiary/aromatic N) is 2. The smallest absolute Gasteiger partial charge is 0.321 e. The van der Waals surface area contributed by atoms with Gasteiger partial charge in [-0.25, -0.2) is 8.78 Å². The molecule has 2 aromatic rings. The van der Waals surface area contributed by atoms with Crippen molar-refractivity contribution in [3.63, 3.8) is 0 Å². The van der Waals surface area contributed by atoms with Gasteiger partial charge < -0.3 is 15.5 Å². The molecule has 0 spiro atoms. The van der Waals surface area contributed by atoms with Crippen LogP contribution < -0.4 is 11.1 Å². The van der Waals surface area contributed by atoms with Gasteiger partial charge in [-0.15, -0.1) is 0 Å². The Kier molecular flexibility index (Phi) is 2.73. The van der Waals surface area contributed by atoms with E-state index >= 15 is 0 Å². The van der Waals surface area contributed by atoms with Crippen LogP contribution in [0.25, 0.3) is 0 Å². The van der Waals surface area contributed by atoms with Crippen molar-refractivity contribution >= 4 is 33.6 Å². The van der Waals surface area contributed by atoms with Gasteiger partial charge in [0, 0.05) is 6.07 Å². The van der Waals surface area contributed by atoms with E-state index < -0.39 is 11.6 Å². The van der Waals surface area contributed by atoms with Gasteiger partial charge in [0.05, 0.1) is 10.2 Å². The van der Waals surface area contributed by atoms with E-state index in [2.05, 4.69) is 31.4 Å². The van der Waals surface area contributed by atoms with Crippen LogP contribution in [-0.2, 0) is 0 Å². The Labute approximate surface area is 96.8 Å². The number of nitrogen functional groups attached to an aromatic ring is 1. The van der Waals surface area contributed by atoms with E-state index in [1.165, 1.54) is 0 Å². The Balaban J connectivity index is 2.31. The molecule has 84 valence electrons. The van der Waals surface area contributed by atoms with E-state index in [1.807, 2.05) is 0 Å². The van der Waals surface area contributed by atoms with Crippen molar-refractivity contribution in [3.8, 4) is 0 Å². The van der Waals surface area contributed by atoms with Crippen molar-refractivity contribution in [1.82, 2.24) is 10.2 Å². The van der Waals surface area contributed by atoms with Crippen LogP contribution in [0.2, 0.25) is 0 Å². The van der Waals surface area contributed by atoms with Gasteiger partial charge in [-0.05, 0) is 22.0 Å². The fourth-order valence-electron chi connectivity index (χ4n) is 1.02. The van der Waals surface area contributed by atoms with Crippen LogP contribution in [0.3, 0.4) is 0 Å². The average molecular weight is 291 g/mol. The number of nitrogens with two attached hydrogens (primary N) is 1. The van der Waals surface area contributed by atoms with Crippen LogP contribution >= 0.6 is 15.9 Å². The van der Waals surface area contributed by atoms with Crippen LogP contribution in [0.1, 0.15) is 0 Å². The Morgan fingerprint density at radius 1 is 1.25 bits per heavy atom. The predicted octanol–water partition coefficient (Wildman–Crippen LogP) is 2.44. The highest BCUT2D eigenvalue weighted by Crippen LogP contribution is 2.25. The molecule has 0 unspecified atom stereocenters. The number of hydrogen-bond donors (Lipinski definition) is 2. The zero-order valence-corrected chi connectivity index (χ0v) is 9.25. The highest BCUT2D eigenvalue weighted by atomic mass is 79.9. The molecule has 1 aromatic carbocycles. The number of benzene rings is 1. The summed E-state index contributed by atoms with van der Waals surface area (Å²) in [5.74, 6) is -1.28. The number of rotatable bonds is 2. The topological polar surface area (TPSA) is 77.0 Å². The van der Waals surface area contributed by atoms with Gasteiger partial charge in [-0.3, -0.25) is 0 Å². The molecule has 0 saturated carbocycles. The molecule has 0 aliphatic carbocycles. The lowest BCUT2D eigenvalue weighted by atomic mass is 10.3. The number of anilines is 3. The van der Waals surface area contributed by atoms with Crippen molar-refractivity contribution < 1.29 is 13.2 Å². The van der Waals surface area contributed by atoms with Gasteiger partial charge in [-0.2, -0.15) is 0 Å². The number of halogens is 3. The summed E-state index contributed by atoms with van der Waals surface area (Å²) in [6.07, 6.45) is 0. The van der Waals surface area contributed by atoms with E-state index in [1.54, 1.807) is 0 Å². The molecule has 0 fully saturated rings. The van der Waals surface area contributed by atoms with Gasteiger partial charge in [0.25, 0.3) is 0 Å². The second-order valence-electron chi connectivity index (χ2n) is 2.82. The molecule has 2 rings (SSSR count). The van der Waals surface area contributed by atoms with Crippen molar-refractivity contribution in [2.45, 2.75) is 0 Å². The van der Waals surface area contributed by atoms with Gasteiger partial charge >= 0.3 is 12.0 Å². The highest BCUT2D eigenvalue weighted by molar-refractivity contribution is 9.10. The number of nitrogens with one attached hydrogen (secondary N) is 1. The Morgan fingerprint density at radius 3 is 2.62 bits per heavy atom. The summed E-state index contributed by atoms with van der Waals surface area (Å²) in [7, 11) is 0. The standard InChI is InChI=1S/C8H5BrF2N4O/c9-3-1-5(11)6(2-4(3)10)13-8-15-14-7(12)16-8/h1-2H,(H2,12,14)(H,13,15). The molecule has 0 radical (unpaired) electrons. The van der Waals surface area contributed by atoms with Gasteiger partial charge in [-0.1, -0.05) is 10.2 Å². The third kappa shape index (κ3) is 2.11. The third-order valence-corrected chi connectivity index (χ3v) is 2.30. The van der Waals surface area contributed by atoms with Crippen LogP contribution in [-0.4, -0.2) is 10.2 Å². The molecule has 16 heavy (non-hydrogen) atoms. The summed E-state index contributed by atoms with van der Waals surface area (Å²) in [5, 5.41) is 9.21. The lowest BCUT2D eigenvalue weighted by Gasteiger charge is -2.04. The summed E-state index contributed by atoms with van der Waals surface area (Å²) in [5.41, 5.74) is 5.05. The first-order valence-corrected chi connectivity index (χ1v) is 4.86. The van der Waals surface area contributed by atoms with Gasteiger partial charge in [0.2, 0.25) is 0 Å². The lowest BCUT2D eigenvalue weighted by Crippen LogP contribution is -1.95. The molecular weight excluding hydrogens is 286 g/mol. The maximum atomic E-state index is 13.3. The largest absolute Gasteiger partial charge is 0.389 e. The summed E-state index contributed by atoms with van der Waals surface area (Å²) < 4.78 is 31.2. The van der Waals surface area contributed by atoms with Gasteiger partial charge in [0.15, 0.2) is 0 Å². The van der Waals surface area contributed by atoms with Gasteiger partial charge in [0.1, 0.15) is 11.6 Å². The van der Waals surface area contributed by atoms with Crippen LogP contribution in [0.4, 0.5) is 26.5 Å². The van der Waals surface area contributed by atoms with Crippen molar-refractivity contribution in [2.75, 3.05) is 11.1 Å². The average Bonchev–Trinajstić information content (AvgIpc) is 2.60. The number of hydrogen-bond acceptors (Lipinski definition) is 5. The normalized spacial score (nSPS) is 10.4. The molecule has 1 heterocycles. The van der Waals surface area contributed by atoms with E-state index in [9.17, 15) is 8.78 Å². The van der Waals surface area contributed by atoms with E-state index in [-0.39, 0.29) is 22.2 Å². The summed E-state index contributed by atoms with van der Waals surface area (Å²) in [6.45, 7) is 0. The third-order valence-electron chi connectivity index (χ3n) is 1.69. The number of aromatic nitrogens is 2. The van der Waals surface area contributed by atoms with Crippen molar-refractivity contribution in [3.05, 3.63) is 28.2 Å². The zero-order chi connectivity index (χ0) is 11.7. The maximum absolute atomic E-state index is 13.3. The Hall–Kier alpha value is -1.70. The van der Waals surface area contributed by atoms with Crippen LogP contribution in [0.5, 0.6) is 0 Å². The Morgan fingerprint density at radius 2 is 2.00 bits per heavy atom. The minimum absolute atomic E-state index is 0.0283. The molecule has 0 saturated heterocycles. The molecular formula is C8H5BrF2N4O. The molecule has 0 bridgehead atoms. The highest BCUT2D eigenvalue weighted by Gasteiger charge is 2.11. The van der Waals surface area contributed by atoms with E-state index in [4.69, 9.17) is 10.2 Å². The predicted molar refractivity (Wildman–Crippen MR) is 56.1 cm³/mol. The molecule has 5 nitrogen and oxygen atoms in total. The van der Waals surface area contributed by atoms with Crippen LogP contribution in [0, 0.1) is 11.6 Å². The molecule has 0 amide bonds. The fourth-order valence-corrected chi connectivity index (χ4v) is 1.33. The summed E-state index contributed by atoms with van der Waals surface area (Å²) in [6, 6.07) is 1.66. The van der Waals surface area contributed by atoms with E-state index in [0.29, 0.717) is 0 Å². The molecule has 0 aliphatic rings. The monoisotopic (exact) mass is 290 g/mol.